The molecule has 2 rings (SSSR count). The van der Waals surface area contributed by atoms with Crippen molar-refractivity contribution in [1.82, 2.24) is 4.98 Å². The zero-order chi connectivity index (χ0) is 12.1. The Labute approximate surface area is 104 Å². The third-order valence-electron chi connectivity index (χ3n) is 2.28. The number of ether oxygens (including phenoxy) is 1. The Bertz CT molecular complexity index is 485. The lowest BCUT2D eigenvalue weighted by Crippen LogP contribution is -2.00. The summed E-state index contributed by atoms with van der Waals surface area (Å²) in [7, 11) is 0. The van der Waals surface area contributed by atoms with Crippen LogP contribution < -0.4 is 10.6 Å². The number of hydrogen-bond donors (Lipinski definition) is 1. The van der Waals surface area contributed by atoms with E-state index >= 15 is 0 Å². The summed E-state index contributed by atoms with van der Waals surface area (Å²) in [6.07, 6.45) is 0. The summed E-state index contributed by atoms with van der Waals surface area (Å²) < 4.78 is 5.69. The van der Waals surface area contributed by atoms with Gasteiger partial charge in [-0.25, -0.2) is 10.9 Å². The molecule has 0 amide bonds. The Morgan fingerprint density at radius 3 is 2.88 bits per heavy atom. The molecular formula is C12H14N2O2S. The van der Waals surface area contributed by atoms with Gasteiger partial charge in [-0.15, -0.1) is 11.3 Å². The van der Waals surface area contributed by atoms with Gasteiger partial charge in [0.05, 0.1) is 5.69 Å². The lowest BCUT2D eigenvalue weighted by atomic mass is 10.2. The molecule has 0 unspecified atom stereocenters. The van der Waals surface area contributed by atoms with Crippen molar-refractivity contribution < 1.29 is 9.57 Å². The van der Waals surface area contributed by atoms with Crippen LogP contribution in [0, 0.1) is 6.92 Å². The molecule has 0 aliphatic carbocycles. The molecule has 5 heteroatoms. The summed E-state index contributed by atoms with van der Waals surface area (Å²) in [5, 5.41) is 2.84. The average molecular weight is 250 g/mol. The van der Waals surface area contributed by atoms with Crippen LogP contribution in [0.15, 0.2) is 29.6 Å². The average Bonchev–Trinajstić information content (AvgIpc) is 2.76. The molecule has 0 radical (unpaired) electrons. The summed E-state index contributed by atoms with van der Waals surface area (Å²) in [5.74, 6) is 5.88. The highest BCUT2D eigenvalue weighted by Gasteiger charge is 2.04. The van der Waals surface area contributed by atoms with Gasteiger partial charge >= 0.3 is 0 Å². The van der Waals surface area contributed by atoms with Crippen molar-refractivity contribution in [2.24, 2.45) is 5.90 Å². The van der Waals surface area contributed by atoms with Gasteiger partial charge in [0.15, 0.2) is 0 Å². The predicted molar refractivity (Wildman–Crippen MR) is 66.6 cm³/mol. The number of nitrogens with zero attached hydrogens (tertiary/aromatic N) is 1. The molecular weight excluding hydrogens is 236 g/mol. The second kappa shape index (κ2) is 5.77. The van der Waals surface area contributed by atoms with Crippen molar-refractivity contribution in [3.05, 3.63) is 45.9 Å². The van der Waals surface area contributed by atoms with Crippen molar-refractivity contribution >= 4 is 11.3 Å². The van der Waals surface area contributed by atoms with E-state index in [-0.39, 0.29) is 0 Å². The monoisotopic (exact) mass is 250 g/mol. The molecule has 0 aliphatic rings. The summed E-state index contributed by atoms with van der Waals surface area (Å²) in [5.41, 5.74) is 1.95. The van der Waals surface area contributed by atoms with Crippen LogP contribution in [0.5, 0.6) is 5.75 Å². The molecule has 0 spiro atoms. The Kier molecular flexibility index (Phi) is 4.08. The van der Waals surface area contributed by atoms with Gasteiger partial charge < -0.3 is 4.74 Å². The minimum Gasteiger partial charge on any atom is -0.486 e. The highest BCUT2D eigenvalue weighted by Crippen LogP contribution is 2.19. The van der Waals surface area contributed by atoms with E-state index in [4.69, 9.17) is 10.6 Å². The fraction of sp³-hybridized carbons (Fsp3) is 0.250. The Morgan fingerprint density at radius 1 is 1.29 bits per heavy atom. The van der Waals surface area contributed by atoms with Gasteiger partial charge in [0.25, 0.3) is 0 Å². The molecule has 0 atom stereocenters. The minimum absolute atomic E-state index is 0.334. The van der Waals surface area contributed by atoms with Gasteiger partial charge in [-0.2, -0.15) is 0 Å². The molecule has 2 N–H and O–H groups in total. The van der Waals surface area contributed by atoms with E-state index in [2.05, 4.69) is 9.82 Å². The Hall–Kier alpha value is -1.43. The molecule has 0 fully saturated rings. The van der Waals surface area contributed by atoms with Crippen molar-refractivity contribution in [1.29, 1.82) is 0 Å². The van der Waals surface area contributed by atoms with E-state index in [0.29, 0.717) is 13.2 Å². The third-order valence-corrected chi connectivity index (χ3v) is 3.15. The van der Waals surface area contributed by atoms with Crippen LogP contribution in [-0.4, -0.2) is 4.98 Å². The number of rotatable bonds is 5. The third kappa shape index (κ3) is 3.26. The van der Waals surface area contributed by atoms with Crippen LogP contribution in [0.4, 0.5) is 0 Å². The summed E-state index contributed by atoms with van der Waals surface area (Å²) in [6, 6.07) is 7.91. The van der Waals surface area contributed by atoms with Gasteiger partial charge in [0, 0.05) is 5.38 Å². The molecule has 1 aromatic heterocycles. The van der Waals surface area contributed by atoms with Crippen LogP contribution in [0.25, 0.3) is 0 Å². The Morgan fingerprint density at radius 2 is 2.12 bits per heavy atom. The number of aryl methyl sites for hydroxylation is 1. The normalized spacial score (nSPS) is 10.5. The maximum Gasteiger partial charge on any atom is 0.140 e. The highest BCUT2D eigenvalue weighted by atomic mass is 32.1. The van der Waals surface area contributed by atoms with E-state index < -0.39 is 0 Å². The number of aromatic nitrogens is 1. The fourth-order valence-electron chi connectivity index (χ4n) is 1.42. The second-order valence-electron chi connectivity index (χ2n) is 3.60. The zero-order valence-electron chi connectivity index (χ0n) is 9.55. The molecule has 4 nitrogen and oxygen atoms in total. The first-order valence-corrected chi connectivity index (χ1v) is 6.11. The van der Waals surface area contributed by atoms with Crippen molar-refractivity contribution in [3.63, 3.8) is 0 Å². The molecule has 17 heavy (non-hydrogen) atoms. The molecule has 1 aromatic carbocycles. The van der Waals surface area contributed by atoms with Crippen molar-refractivity contribution in [2.75, 3.05) is 0 Å². The molecule has 90 valence electrons. The zero-order valence-corrected chi connectivity index (χ0v) is 10.4. The molecule has 0 aliphatic heterocycles. The SMILES string of the molecule is Cc1ccccc1OCc1nc(CON)cs1. The van der Waals surface area contributed by atoms with Crippen LogP contribution in [-0.2, 0) is 18.1 Å². The lowest BCUT2D eigenvalue weighted by molar-refractivity contribution is 0.121. The molecule has 0 saturated carbocycles. The van der Waals surface area contributed by atoms with Crippen molar-refractivity contribution in [2.45, 2.75) is 20.1 Å². The maximum atomic E-state index is 5.69. The molecule has 0 saturated heterocycles. The maximum absolute atomic E-state index is 5.69. The number of benzene rings is 1. The summed E-state index contributed by atoms with van der Waals surface area (Å²) in [4.78, 5) is 8.86. The van der Waals surface area contributed by atoms with Crippen LogP contribution in [0.3, 0.4) is 0 Å². The van der Waals surface area contributed by atoms with Gasteiger partial charge in [-0.3, -0.25) is 4.84 Å². The first kappa shape index (κ1) is 12.0. The quantitative estimate of drug-likeness (QED) is 0.828. The Balaban J connectivity index is 1.95. The van der Waals surface area contributed by atoms with Gasteiger partial charge in [-0.05, 0) is 18.6 Å². The van der Waals surface area contributed by atoms with Gasteiger partial charge in [0.1, 0.15) is 24.0 Å². The summed E-state index contributed by atoms with van der Waals surface area (Å²) >= 11 is 1.54. The van der Waals surface area contributed by atoms with Crippen LogP contribution >= 0.6 is 11.3 Å². The number of thiazole rings is 1. The second-order valence-corrected chi connectivity index (χ2v) is 4.54. The first-order valence-electron chi connectivity index (χ1n) is 5.23. The lowest BCUT2D eigenvalue weighted by Gasteiger charge is -2.06. The summed E-state index contributed by atoms with van der Waals surface area (Å²) in [6.45, 7) is 2.83. The molecule has 0 bridgehead atoms. The minimum atomic E-state index is 0.334. The fourth-order valence-corrected chi connectivity index (χ4v) is 2.11. The van der Waals surface area contributed by atoms with E-state index in [0.717, 1.165) is 22.0 Å². The van der Waals surface area contributed by atoms with E-state index in [9.17, 15) is 0 Å². The van der Waals surface area contributed by atoms with Gasteiger partial charge in [0.2, 0.25) is 0 Å². The van der Waals surface area contributed by atoms with E-state index in [1.54, 1.807) is 11.3 Å². The number of para-hydroxylation sites is 1. The van der Waals surface area contributed by atoms with E-state index in [1.165, 1.54) is 0 Å². The molecule has 2 aromatic rings. The van der Waals surface area contributed by atoms with E-state index in [1.807, 2.05) is 36.6 Å². The largest absolute Gasteiger partial charge is 0.486 e. The van der Waals surface area contributed by atoms with Crippen LogP contribution in [0.2, 0.25) is 0 Å². The first-order chi connectivity index (χ1) is 8.29. The number of hydrogen-bond acceptors (Lipinski definition) is 5. The van der Waals surface area contributed by atoms with Crippen molar-refractivity contribution in [3.8, 4) is 5.75 Å². The predicted octanol–water partition coefficient (Wildman–Crippen LogP) is 2.42. The van der Waals surface area contributed by atoms with Crippen LogP contribution in [0.1, 0.15) is 16.3 Å². The highest BCUT2D eigenvalue weighted by molar-refractivity contribution is 7.09. The number of nitrogens with two attached hydrogens (primary N) is 1. The standard InChI is InChI=1S/C12H14N2O2S/c1-9-4-2-3-5-11(9)15-7-12-14-10(6-16-13)8-17-12/h2-5,8H,6-7,13H2,1H3. The topological polar surface area (TPSA) is 57.4 Å². The smallest absolute Gasteiger partial charge is 0.140 e. The molecule has 1 heterocycles. The van der Waals surface area contributed by atoms with Gasteiger partial charge in [-0.1, -0.05) is 18.2 Å².